The molecule has 1 aromatic carbocycles. The van der Waals surface area contributed by atoms with E-state index in [1.54, 1.807) is 23.1 Å². The van der Waals surface area contributed by atoms with Gasteiger partial charge in [-0.2, -0.15) is 0 Å². The Morgan fingerprint density at radius 2 is 2.00 bits per heavy atom. The van der Waals surface area contributed by atoms with Gasteiger partial charge in [-0.05, 0) is 25.1 Å². The van der Waals surface area contributed by atoms with E-state index in [9.17, 15) is 9.90 Å². The summed E-state index contributed by atoms with van der Waals surface area (Å²) >= 11 is 5.00. The Labute approximate surface area is 124 Å². The zero-order valence-electron chi connectivity index (χ0n) is 11.5. The average molecular weight is 293 g/mol. The first-order chi connectivity index (χ1) is 9.49. The van der Waals surface area contributed by atoms with Crippen molar-refractivity contribution in [2.45, 2.75) is 13.0 Å². The van der Waals surface area contributed by atoms with Crippen molar-refractivity contribution in [2.24, 2.45) is 5.73 Å². The lowest BCUT2D eigenvalue weighted by Crippen LogP contribution is -2.53. The van der Waals surface area contributed by atoms with E-state index in [0.717, 1.165) is 13.1 Å². The van der Waals surface area contributed by atoms with Crippen molar-refractivity contribution in [2.75, 3.05) is 26.2 Å². The van der Waals surface area contributed by atoms with Crippen molar-refractivity contribution in [3.8, 4) is 5.75 Å². The van der Waals surface area contributed by atoms with E-state index in [0.29, 0.717) is 23.6 Å². The summed E-state index contributed by atoms with van der Waals surface area (Å²) in [6.07, 6.45) is 0. The van der Waals surface area contributed by atoms with Crippen LogP contribution in [-0.2, 0) is 0 Å². The van der Waals surface area contributed by atoms with Crippen molar-refractivity contribution in [3.63, 3.8) is 0 Å². The molecular weight excluding hydrogens is 274 g/mol. The molecular formula is C14H19N3O2S. The van der Waals surface area contributed by atoms with Gasteiger partial charge in [0.1, 0.15) is 5.75 Å². The summed E-state index contributed by atoms with van der Waals surface area (Å²) in [5.74, 6) is 0.0557. The highest BCUT2D eigenvalue weighted by Crippen LogP contribution is 2.15. The Kier molecular flexibility index (Phi) is 4.57. The average Bonchev–Trinajstić information content (AvgIpc) is 2.46. The highest BCUT2D eigenvalue weighted by Gasteiger charge is 2.25. The number of amides is 1. The summed E-state index contributed by atoms with van der Waals surface area (Å²) in [7, 11) is 0. The van der Waals surface area contributed by atoms with Crippen molar-refractivity contribution >= 4 is 23.1 Å². The number of phenolic OH excluding ortho intramolecular Hbond substituents is 1. The minimum Gasteiger partial charge on any atom is -0.508 e. The van der Waals surface area contributed by atoms with E-state index in [1.807, 2.05) is 6.92 Å². The molecule has 0 aliphatic carbocycles. The highest BCUT2D eigenvalue weighted by atomic mass is 32.1. The Bertz CT molecular complexity index is 513. The predicted octanol–water partition coefficient (Wildman–Crippen LogP) is 0.825. The lowest BCUT2D eigenvalue weighted by molar-refractivity contribution is 0.0621. The summed E-state index contributed by atoms with van der Waals surface area (Å²) in [4.78, 5) is 16.8. The van der Waals surface area contributed by atoms with E-state index in [4.69, 9.17) is 18.0 Å². The first-order valence-electron chi connectivity index (χ1n) is 6.60. The molecule has 1 unspecified atom stereocenters. The van der Waals surface area contributed by atoms with Crippen LogP contribution < -0.4 is 5.73 Å². The van der Waals surface area contributed by atoms with Gasteiger partial charge in [-0.25, -0.2) is 0 Å². The third kappa shape index (κ3) is 3.26. The topological polar surface area (TPSA) is 69.8 Å². The van der Waals surface area contributed by atoms with Gasteiger partial charge >= 0.3 is 0 Å². The lowest BCUT2D eigenvalue weighted by atomic mass is 10.1. The van der Waals surface area contributed by atoms with Gasteiger partial charge in [-0.1, -0.05) is 18.3 Å². The maximum absolute atomic E-state index is 12.3. The fourth-order valence-corrected chi connectivity index (χ4v) is 2.46. The second-order valence-corrected chi connectivity index (χ2v) is 5.43. The van der Waals surface area contributed by atoms with Crippen LogP contribution in [-0.4, -0.2) is 58.0 Å². The third-order valence-electron chi connectivity index (χ3n) is 3.65. The zero-order valence-corrected chi connectivity index (χ0v) is 12.3. The van der Waals surface area contributed by atoms with Gasteiger partial charge in [0.2, 0.25) is 0 Å². The van der Waals surface area contributed by atoms with Crippen LogP contribution in [0.4, 0.5) is 0 Å². The van der Waals surface area contributed by atoms with Crippen LogP contribution in [0.3, 0.4) is 0 Å². The number of piperazine rings is 1. The molecule has 1 saturated heterocycles. The van der Waals surface area contributed by atoms with Crippen LogP contribution in [0, 0.1) is 0 Å². The molecule has 0 spiro atoms. The summed E-state index contributed by atoms with van der Waals surface area (Å²) in [5.41, 5.74) is 6.17. The first kappa shape index (κ1) is 14.7. The molecule has 1 amide bonds. The number of aromatic hydroxyl groups is 1. The number of phenols is 1. The molecule has 0 bridgehead atoms. The lowest BCUT2D eigenvalue weighted by Gasteiger charge is -2.37. The minimum absolute atomic E-state index is 0.0523. The number of carbonyl (C=O) groups is 1. The number of nitrogens with two attached hydrogens (primary N) is 1. The van der Waals surface area contributed by atoms with Crippen molar-refractivity contribution in [1.82, 2.24) is 9.80 Å². The van der Waals surface area contributed by atoms with Crippen molar-refractivity contribution in [1.29, 1.82) is 0 Å². The van der Waals surface area contributed by atoms with Crippen molar-refractivity contribution in [3.05, 3.63) is 29.8 Å². The fourth-order valence-electron chi connectivity index (χ4n) is 2.31. The van der Waals surface area contributed by atoms with Crippen LogP contribution in [0.1, 0.15) is 17.3 Å². The number of hydrogen-bond donors (Lipinski definition) is 2. The van der Waals surface area contributed by atoms with Crippen LogP contribution >= 0.6 is 12.2 Å². The summed E-state index contributed by atoms with van der Waals surface area (Å²) < 4.78 is 0. The second kappa shape index (κ2) is 6.19. The highest BCUT2D eigenvalue weighted by molar-refractivity contribution is 7.80. The van der Waals surface area contributed by atoms with E-state index in [2.05, 4.69) is 4.90 Å². The smallest absolute Gasteiger partial charge is 0.254 e. The molecule has 108 valence electrons. The van der Waals surface area contributed by atoms with E-state index in [1.165, 1.54) is 6.07 Å². The number of hydrogen-bond acceptors (Lipinski definition) is 4. The van der Waals surface area contributed by atoms with Crippen LogP contribution in [0.5, 0.6) is 5.75 Å². The molecule has 1 aliphatic rings. The maximum Gasteiger partial charge on any atom is 0.254 e. The van der Waals surface area contributed by atoms with Crippen LogP contribution in [0.25, 0.3) is 0 Å². The molecule has 3 N–H and O–H groups in total. The molecule has 1 aromatic rings. The zero-order chi connectivity index (χ0) is 14.7. The molecule has 5 nitrogen and oxygen atoms in total. The van der Waals surface area contributed by atoms with E-state index < -0.39 is 0 Å². The monoisotopic (exact) mass is 293 g/mol. The van der Waals surface area contributed by atoms with Gasteiger partial charge in [0.05, 0.1) is 11.0 Å². The number of carbonyl (C=O) groups excluding carboxylic acids is 1. The molecule has 0 saturated carbocycles. The van der Waals surface area contributed by atoms with Crippen molar-refractivity contribution < 1.29 is 9.90 Å². The molecule has 1 heterocycles. The largest absolute Gasteiger partial charge is 0.508 e. The third-order valence-corrected chi connectivity index (χ3v) is 4.00. The van der Waals surface area contributed by atoms with Gasteiger partial charge in [0.25, 0.3) is 5.91 Å². The standard InChI is InChI=1S/C14H19N3O2S/c1-10(13(15)20)16-5-7-17(8-6-16)14(19)11-3-2-4-12(18)9-11/h2-4,9-10,18H,5-8H2,1H3,(H2,15,20). The molecule has 20 heavy (non-hydrogen) atoms. The predicted molar refractivity (Wildman–Crippen MR) is 81.8 cm³/mol. The Morgan fingerprint density at radius 3 is 2.55 bits per heavy atom. The van der Waals surface area contributed by atoms with Crippen LogP contribution in [0.2, 0.25) is 0 Å². The minimum atomic E-state index is -0.0523. The van der Waals surface area contributed by atoms with Gasteiger partial charge in [0.15, 0.2) is 0 Å². The first-order valence-corrected chi connectivity index (χ1v) is 7.01. The quantitative estimate of drug-likeness (QED) is 0.808. The molecule has 0 radical (unpaired) electrons. The Hall–Kier alpha value is -1.66. The molecule has 6 heteroatoms. The molecule has 1 atom stereocenters. The fraction of sp³-hybridized carbons (Fsp3) is 0.429. The van der Waals surface area contributed by atoms with Gasteiger partial charge in [0, 0.05) is 31.7 Å². The Morgan fingerprint density at radius 1 is 1.35 bits per heavy atom. The normalized spacial score (nSPS) is 17.8. The number of benzene rings is 1. The summed E-state index contributed by atoms with van der Waals surface area (Å²) in [6, 6.07) is 6.49. The van der Waals surface area contributed by atoms with E-state index in [-0.39, 0.29) is 17.7 Å². The summed E-state index contributed by atoms with van der Waals surface area (Å²) in [6.45, 7) is 4.77. The maximum atomic E-state index is 12.3. The van der Waals surface area contributed by atoms with Gasteiger partial charge < -0.3 is 15.7 Å². The molecule has 1 fully saturated rings. The van der Waals surface area contributed by atoms with E-state index >= 15 is 0 Å². The van der Waals surface area contributed by atoms with Gasteiger partial charge in [-0.3, -0.25) is 9.69 Å². The SMILES string of the molecule is CC(C(N)=S)N1CCN(C(=O)c2cccc(O)c2)CC1. The van der Waals surface area contributed by atoms with Crippen LogP contribution in [0.15, 0.2) is 24.3 Å². The molecule has 2 rings (SSSR count). The molecule has 0 aromatic heterocycles. The Balaban J connectivity index is 1.97. The number of rotatable bonds is 3. The van der Waals surface area contributed by atoms with Gasteiger partial charge in [-0.15, -0.1) is 0 Å². The second-order valence-electron chi connectivity index (χ2n) is 4.96. The number of nitrogens with zero attached hydrogens (tertiary/aromatic N) is 2. The summed E-state index contributed by atoms with van der Waals surface area (Å²) in [5, 5.41) is 9.43. The molecule has 1 aliphatic heterocycles. The number of thiocarbonyl (C=S) groups is 1.